The molecular weight excluding hydrogens is 234 g/mol. The van der Waals surface area contributed by atoms with Crippen LogP contribution in [0, 0.1) is 5.41 Å². The topological polar surface area (TPSA) is 59.4 Å². The van der Waals surface area contributed by atoms with Crippen LogP contribution in [0.15, 0.2) is 21.2 Å². The molecule has 3 nitrogen and oxygen atoms in total. The summed E-state index contributed by atoms with van der Waals surface area (Å²) in [6, 6.07) is 3.80. The average Bonchev–Trinajstić information content (AvgIpc) is 2.74. The Kier molecular flexibility index (Phi) is 2.21. The Balaban J connectivity index is 2.14. The Bertz CT molecular complexity index is 306. The summed E-state index contributed by atoms with van der Waals surface area (Å²) in [5, 5.41) is 9.16. The van der Waals surface area contributed by atoms with Gasteiger partial charge in [0, 0.05) is 17.9 Å². The van der Waals surface area contributed by atoms with Gasteiger partial charge in [-0.05, 0) is 34.5 Å². The molecule has 0 aromatic carbocycles. The van der Waals surface area contributed by atoms with Gasteiger partial charge in [-0.2, -0.15) is 0 Å². The van der Waals surface area contributed by atoms with Crippen molar-refractivity contribution in [2.45, 2.75) is 12.3 Å². The zero-order valence-electron chi connectivity index (χ0n) is 7.16. The number of aliphatic hydroxyl groups is 1. The van der Waals surface area contributed by atoms with Crippen LogP contribution in [0.3, 0.4) is 0 Å². The number of hydrogen-bond acceptors (Lipinski definition) is 3. The molecule has 1 aromatic rings. The molecule has 1 fully saturated rings. The number of nitrogens with two attached hydrogens (primary N) is 1. The highest BCUT2D eigenvalue weighted by atomic mass is 79.9. The van der Waals surface area contributed by atoms with Gasteiger partial charge in [-0.15, -0.1) is 0 Å². The lowest BCUT2D eigenvalue weighted by Crippen LogP contribution is -2.21. The van der Waals surface area contributed by atoms with Gasteiger partial charge in [0.15, 0.2) is 4.67 Å². The van der Waals surface area contributed by atoms with Gasteiger partial charge in [0.2, 0.25) is 0 Å². The van der Waals surface area contributed by atoms with Gasteiger partial charge in [0.1, 0.15) is 5.76 Å². The van der Waals surface area contributed by atoms with Gasteiger partial charge >= 0.3 is 0 Å². The molecule has 1 aliphatic rings. The van der Waals surface area contributed by atoms with Crippen molar-refractivity contribution < 1.29 is 9.52 Å². The number of furan rings is 1. The van der Waals surface area contributed by atoms with Crippen LogP contribution in [0.5, 0.6) is 0 Å². The van der Waals surface area contributed by atoms with Crippen molar-refractivity contribution in [2.75, 3.05) is 13.2 Å². The fourth-order valence-corrected chi connectivity index (χ4v) is 2.05. The van der Waals surface area contributed by atoms with Crippen LogP contribution in [-0.2, 0) is 0 Å². The van der Waals surface area contributed by atoms with E-state index < -0.39 is 0 Å². The van der Waals surface area contributed by atoms with E-state index in [9.17, 15) is 0 Å². The molecule has 13 heavy (non-hydrogen) atoms. The highest BCUT2D eigenvalue weighted by Gasteiger charge is 2.55. The summed E-state index contributed by atoms with van der Waals surface area (Å²) in [5.41, 5.74) is 5.49. The molecule has 0 saturated heterocycles. The largest absolute Gasteiger partial charge is 0.454 e. The zero-order valence-corrected chi connectivity index (χ0v) is 8.75. The molecule has 1 aliphatic carbocycles. The first-order valence-electron chi connectivity index (χ1n) is 4.28. The standard InChI is InChI=1S/C9H12BrNO2/c10-8-2-1-7(13-8)6-3-9(6,4-11)5-12/h1-2,6,12H,3-5,11H2. The first-order valence-corrected chi connectivity index (χ1v) is 5.07. The molecule has 3 N–H and O–H groups in total. The van der Waals surface area contributed by atoms with Crippen molar-refractivity contribution in [3.05, 3.63) is 22.6 Å². The molecule has 0 bridgehead atoms. The Labute approximate surface area is 85.0 Å². The van der Waals surface area contributed by atoms with Crippen molar-refractivity contribution in [1.29, 1.82) is 0 Å². The van der Waals surface area contributed by atoms with Gasteiger partial charge in [-0.1, -0.05) is 0 Å². The van der Waals surface area contributed by atoms with Crippen molar-refractivity contribution in [1.82, 2.24) is 0 Å². The van der Waals surface area contributed by atoms with E-state index in [1.54, 1.807) is 0 Å². The minimum Gasteiger partial charge on any atom is -0.454 e. The third-order valence-corrected chi connectivity index (χ3v) is 3.27. The summed E-state index contributed by atoms with van der Waals surface area (Å²) in [4.78, 5) is 0. The van der Waals surface area contributed by atoms with E-state index in [1.165, 1.54) is 0 Å². The van der Waals surface area contributed by atoms with Crippen LogP contribution in [0.25, 0.3) is 0 Å². The molecule has 0 radical (unpaired) electrons. The van der Waals surface area contributed by atoms with E-state index in [4.69, 9.17) is 15.3 Å². The number of halogens is 1. The lowest BCUT2D eigenvalue weighted by molar-refractivity contribution is 0.208. The summed E-state index contributed by atoms with van der Waals surface area (Å²) in [6.45, 7) is 0.666. The predicted octanol–water partition coefficient (Wildman–Crippen LogP) is 1.47. The molecule has 2 rings (SSSR count). The van der Waals surface area contributed by atoms with Crippen LogP contribution >= 0.6 is 15.9 Å². The van der Waals surface area contributed by atoms with Crippen molar-refractivity contribution in [3.8, 4) is 0 Å². The first-order chi connectivity index (χ1) is 6.22. The van der Waals surface area contributed by atoms with E-state index in [-0.39, 0.29) is 12.0 Å². The summed E-state index contributed by atoms with van der Waals surface area (Å²) < 4.78 is 6.15. The van der Waals surface area contributed by atoms with Crippen LogP contribution < -0.4 is 5.73 Å². The molecule has 0 amide bonds. The average molecular weight is 246 g/mol. The molecule has 1 heterocycles. The smallest absolute Gasteiger partial charge is 0.169 e. The van der Waals surface area contributed by atoms with Crippen LogP contribution in [0.4, 0.5) is 0 Å². The molecule has 1 aromatic heterocycles. The van der Waals surface area contributed by atoms with Crippen LogP contribution in [0.2, 0.25) is 0 Å². The molecular formula is C9H12BrNO2. The summed E-state index contributed by atoms with van der Waals surface area (Å²) in [6.07, 6.45) is 0.931. The Morgan fingerprint density at radius 1 is 1.69 bits per heavy atom. The van der Waals surface area contributed by atoms with E-state index in [0.717, 1.165) is 16.9 Å². The van der Waals surface area contributed by atoms with E-state index in [2.05, 4.69) is 15.9 Å². The monoisotopic (exact) mass is 245 g/mol. The lowest BCUT2D eigenvalue weighted by atomic mass is 10.0. The zero-order chi connectivity index (χ0) is 9.47. The second-order valence-electron chi connectivity index (χ2n) is 3.62. The second kappa shape index (κ2) is 3.12. The third kappa shape index (κ3) is 1.43. The van der Waals surface area contributed by atoms with Gasteiger partial charge in [0.25, 0.3) is 0 Å². The Morgan fingerprint density at radius 3 is 2.85 bits per heavy atom. The van der Waals surface area contributed by atoms with Crippen LogP contribution in [-0.4, -0.2) is 18.3 Å². The summed E-state index contributed by atoms with van der Waals surface area (Å²) in [5.74, 6) is 1.22. The minimum atomic E-state index is -0.114. The molecule has 1 saturated carbocycles. The first kappa shape index (κ1) is 9.24. The van der Waals surface area contributed by atoms with Gasteiger partial charge in [0.05, 0.1) is 6.61 Å². The van der Waals surface area contributed by atoms with Gasteiger partial charge in [-0.3, -0.25) is 0 Å². The second-order valence-corrected chi connectivity index (χ2v) is 4.40. The SMILES string of the molecule is NCC1(CO)CC1c1ccc(Br)o1. The molecule has 72 valence electrons. The molecule has 2 atom stereocenters. The highest BCUT2D eigenvalue weighted by Crippen LogP contribution is 2.58. The van der Waals surface area contributed by atoms with E-state index >= 15 is 0 Å². The fourth-order valence-electron chi connectivity index (χ4n) is 1.73. The molecule has 4 heteroatoms. The summed E-state index contributed by atoms with van der Waals surface area (Å²) in [7, 11) is 0. The number of hydrogen-bond donors (Lipinski definition) is 2. The lowest BCUT2D eigenvalue weighted by Gasteiger charge is -2.08. The fraction of sp³-hybridized carbons (Fsp3) is 0.556. The third-order valence-electron chi connectivity index (χ3n) is 2.85. The predicted molar refractivity (Wildman–Crippen MR) is 52.3 cm³/mol. The van der Waals surface area contributed by atoms with Crippen molar-refractivity contribution in [3.63, 3.8) is 0 Å². The van der Waals surface area contributed by atoms with Gasteiger partial charge in [-0.25, -0.2) is 0 Å². The van der Waals surface area contributed by atoms with E-state index in [1.807, 2.05) is 12.1 Å². The van der Waals surface area contributed by atoms with E-state index in [0.29, 0.717) is 12.5 Å². The highest BCUT2D eigenvalue weighted by molar-refractivity contribution is 9.10. The summed E-state index contributed by atoms with van der Waals surface area (Å²) >= 11 is 3.25. The maximum Gasteiger partial charge on any atom is 0.169 e. The van der Waals surface area contributed by atoms with Crippen molar-refractivity contribution in [2.24, 2.45) is 11.1 Å². The van der Waals surface area contributed by atoms with Gasteiger partial charge < -0.3 is 15.3 Å². The normalized spacial score (nSPS) is 32.1. The Morgan fingerprint density at radius 2 is 2.46 bits per heavy atom. The molecule has 0 aliphatic heterocycles. The van der Waals surface area contributed by atoms with Crippen molar-refractivity contribution >= 4 is 15.9 Å². The molecule has 2 unspecified atom stereocenters. The minimum absolute atomic E-state index is 0.114. The molecule has 0 spiro atoms. The maximum atomic E-state index is 9.16. The quantitative estimate of drug-likeness (QED) is 0.848. The number of aliphatic hydroxyl groups excluding tert-OH is 1. The number of rotatable bonds is 3. The Hall–Kier alpha value is -0.320. The maximum absolute atomic E-state index is 9.16. The van der Waals surface area contributed by atoms with Crippen LogP contribution in [0.1, 0.15) is 18.1 Å².